The maximum atomic E-state index is 10.4. The molecular formula is C13H25NO3. The lowest BCUT2D eigenvalue weighted by atomic mass is 9.90. The molecule has 0 amide bonds. The minimum absolute atomic E-state index is 0.295. The van der Waals surface area contributed by atoms with Crippen molar-refractivity contribution in [1.29, 1.82) is 0 Å². The molecule has 2 N–H and O–H groups in total. The van der Waals surface area contributed by atoms with Crippen molar-refractivity contribution in [3.63, 3.8) is 0 Å². The third-order valence-corrected chi connectivity index (χ3v) is 3.71. The molecule has 2 saturated heterocycles. The predicted octanol–water partition coefficient (Wildman–Crippen LogP) is 1.08. The fourth-order valence-corrected chi connectivity index (χ4v) is 2.73. The van der Waals surface area contributed by atoms with Gasteiger partial charge in [0, 0.05) is 19.2 Å². The molecule has 0 aliphatic carbocycles. The molecule has 3 atom stereocenters. The summed E-state index contributed by atoms with van der Waals surface area (Å²) < 4.78 is 11.0. The van der Waals surface area contributed by atoms with Crippen molar-refractivity contribution >= 4 is 0 Å². The Kier molecular flexibility index (Phi) is 4.79. The average molecular weight is 243 g/mol. The number of nitrogens with one attached hydrogen (secondary N) is 1. The minimum atomic E-state index is -0.607. The second-order valence-corrected chi connectivity index (χ2v) is 5.60. The van der Waals surface area contributed by atoms with Crippen molar-refractivity contribution in [2.75, 3.05) is 26.4 Å². The minimum Gasteiger partial charge on any atom is -0.390 e. The molecule has 2 heterocycles. The van der Waals surface area contributed by atoms with Gasteiger partial charge in [-0.1, -0.05) is 0 Å². The SMILES string of the molecule is CC(O)(CCC1CCCO1)CC1COCCN1. The van der Waals surface area contributed by atoms with Crippen LogP contribution in [0.4, 0.5) is 0 Å². The number of aliphatic hydroxyl groups is 1. The summed E-state index contributed by atoms with van der Waals surface area (Å²) in [4.78, 5) is 0. The van der Waals surface area contributed by atoms with Crippen molar-refractivity contribution in [2.45, 2.75) is 56.8 Å². The molecule has 0 radical (unpaired) electrons. The summed E-state index contributed by atoms with van der Waals surface area (Å²) in [7, 11) is 0. The summed E-state index contributed by atoms with van der Waals surface area (Å²) >= 11 is 0. The highest BCUT2D eigenvalue weighted by Crippen LogP contribution is 2.25. The van der Waals surface area contributed by atoms with Crippen LogP contribution in [0.3, 0.4) is 0 Å². The highest BCUT2D eigenvalue weighted by atomic mass is 16.5. The van der Waals surface area contributed by atoms with Gasteiger partial charge < -0.3 is 19.9 Å². The normalized spacial score (nSPS) is 33.5. The molecule has 3 unspecified atom stereocenters. The molecule has 2 aliphatic heterocycles. The van der Waals surface area contributed by atoms with E-state index in [0.29, 0.717) is 12.1 Å². The van der Waals surface area contributed by atoms with Crippen LogP contribution in [0.2, 0.25) is 0 Å². The van der Waals surface area contributed by atoms with E-state index in [-0.39, 0.29) is 0 Å². The molecule has 4 heteroatoms. The van der Waals surface area contributed by atoms with Crippen LogP contribution in [0.5, 0.6) is 0 Å². The van der Waals surface area contributed by atoms with Gasteiger partial charge in [-0.2, -0.15) is 0 Å². The smallest absolute Gasteiger partial charge is 0.0636 e. The Morgan fingerprint density at radius 3 is 2.94 bits per heavy atom. The largest absolute Gasteiger partial charge is 0.390 e. The van der Waals surface area contributed by atoms with Crippen LogP contribution in [-0.2, 0) is 9.47 Å². The summed E-state index contributed by atoms with van der Waals surface area (Å²) in [6.45, 7) is 5.22. The first-order chi connectivity index (χ1) is 8.16. The second-order valence-electron chi connectivity index (χ2n) is 5.60. The Balaban J connectivity index is 1.68. The molecule has 100 valence electrons. The van der Waals surface area contributed by atoms with Gasteiger partial charge in [-0.05, 0) is 39.0 Å². The van der Waals surface area contributed by atoms with Crippen molar-refractivity contribution in [3.8, 4) is 0 Å². The predicted molar refractivity (Wildman–Crippen MR) is 66.1 cm³/mol. The van der Waals surface area contributed by atoms with Crippen LogP contribution in [0.25, 0.3) is 0 Å². The first kappa shape index (κ1) is 13.3. The monoisotopic (exact) mass is 243 g/mol. The van der Waals surface area contributed by atoms with Crippen LogP contribution in [0.15, 0.2) is 0 Å². The topological polar surface area (TPSA) is 50.7 Å². The average Bonchev–Trinajstić information content (AvgIpc) is 2.80. The Morgan fingerprint density at radius 2 is 2.29 bits per heavy atom. The highest BCUT2D eigenvalue weighted by Gasteiger charge is 2.28. The molecule has 0 aromatic carbocycles. The zero-order valence-corrected chi connectivity index (χ0v) is 10.8. The number of hydrogen-bond acceptors (Lipinski definition) is 4. The molecule has 4 nitrogen and oxygen atoms in total. The fourth-order valence-electron chi connectivity index (χ4n) is 2.73. The third-order valence-electron chi connectivity index (χ3n) is 3.71. The number of morpholine rings is 1. The molecule has 17 heavy (non-hydrogen) atoms. The van der Waals surface area contributed by atoms with Gasteiger partial charge in [0.2, 0.25) is 0 Å². The van der Waals surface area contributed by atoms with Crippen molar-refractivity contribution in [1.82, 2.24) is 5.32 Å². The van der Waals surface area contributed by atoms with E-state index in [1.165, 1.54) is 6.42 Å². The zero-order chi connectivity index (χ0) is 12.1. The van der Waals surface area contributed by atoms with Gasteiger partial charge in [-0.15, -0.1) is 0 Å². The molecule has 2 aliphatic rings. The van der Waals surface area contributed by atoms with Crippen molar-refractivity contribution in [3.05, 3.63) is 0 Å². The standard InChI is InChI=1S/C13H25NO3/c1-13(15,5-4-12-3-2-7-17-12)9-11-10-16-8-6-14-11/h11-12,14-15H,2-10H2,1H3. The maximum Gasteiger partial charge on any atom is 0.0636 e. The van der Waals surface area contributed by atoms with Crippen LogP contribution < -0.4 is 5.32 Å². The third kappa shape index (κ3) is 4.54. The van der Waals surface area contributed by atoms with Gasteiger partial charge >= 0.3 is 0 Å². The van der Waals surface area contributed by atoms with Crippen molar-refractivity contribution in [2.24, 2.45) is 0 Å². The number of ether oxygens (including phenoxy) is 2. The van der Waals surface area contributed by atoms with Gasteiger partial charge in [-0.3, -0.25) is 0 Å². The van der Waals surface area contributed by atoms with Gasteiger partial charge in [-0.25, -0.2) is 0 Å². The van der Waals surface area contributed by atoms with Crippen LogP contribution >= 0.6 is 0 Å². The Bertz CT molecular complexity index is 221. The second kappa shape index (κ2) is 6.14. The van der Waals surface area contributed by atoms with E-state index in [1.807, 2.05) is 6.92 Å². The zero-order valence-electron chi connectivity index (χ0n) is 10.8. The summed E-state index contributed by atoms with van der Waals surface area (Å²) in [5.41, 5.74) is -0.607. The Morgan fingerprint density at radius 1 is 1.41 bits per heavy atom. The van der Waals surface area contributed by atoms with Gasteiger partial charge in [0.1, 0.15) is 0 Å². The summed E-state index contributed by atoms with van der Waals surface area (Å²) in [5.74, 6) is 0. The Hall–Kier alpha value is -0.160. The lowest BCUT2D eigenvalue weighted by Crippen LogP contribution is -2.46. The number of rotatable bonds is 5. The lowest BCUT2D eigenvalue weighted by Gasteiger charge is -2.32. The van der Waals surface area contributed by atoms with Crippen LogP contribution in [0.1, 0.15) is 39.0 Å². The van der Waals surface area contributed by atoms with E-state index in [0.717, 1.165) is 52.0 Å². The van der Waals surface area contributed by atoms with Gasteiger partial charge in [0.25, 0.3) is 0 Å². The Labute approximate surface area is 104 Å². The van der Waals surface area contributed by atoms with Crippen LogP contribution in [0, 0.1) is 0 Å². The molecule has 2 rings (SSSR count). The first-order valence-corrected chi connectivity index (χ1v) is 6.81. The maximum absolute atomic E-state index is 10.4. The molecule has 0 spiro atoms. The van der Waals surface area contributed by atoms with E-state index >= 15 is 0 Å². The molecule has 0 aromatic rings. The van der Waals surface area contributed by atoms with Gasteiger partial charge in [0.05, 0.1) is 24.9 Å². The summed E-state index contributed by atoms with van der Waals surface area (Å²) in [5, 5.41) is 13.8. The van der Waals surface area contributed by atoms with E-state index in [4.69, 9.17) is 9.47 Å². The van der Waals surface area contributed by atoms with Crippen molar-refractivity contribution < 1.29 is 14.6 Å². The molecular weight excluding hydrogens is 218 g/mol. The van der Waals surface area contributed by atoms with E-state index in [2.05, 4.69) is 5.32 Å². The van der Waals surface area contributed by atoms with E-state index in [9.17, 15) is 5.11 Å². The molecule has 0 bridgehead atoms. The van der Waals surface area contributed by atoms with E-state index in [1.54, 1.807) is 0 Å². The summed E-state index contributed by atoms with van der Waals surface area (Å²) in [6, 6.07) is 0.295. The lowest BCUT2D eigenvalue weighted by molar-refractivity contribution is -0.0103. The molecule has 2 fully saturated rings. The molecule has 0 aromatic heterocycles. The van der Waals surface area contributed by atoms with E-state index < -0.39 is 5.60 Å². The van der Waals surface area contributed by atoms with Crippen LogP contribution in [-0.4, -0.2) is 49.2 Å². The highest BCUT2D eigenvalue weighted by molar-refractivity contribution is 4.83. The fraction of sp³-hybridized carbons (Fsp3) is 1.00. The number of hydrogen-bond donors (Lipinski definition) is 2. The first-order valence-electron chi connectivity index (χ1n) is 6.81. The summed E-state index contributed by atoms with van der Waals surface area (Å²) in [6.07, 6.45) is 5.25. The van der Waals surface area contributed by atoms with Gasteiger partial charge in [0.15, 0.2) is 0 Å². The quantitative estimate of drug-likeness (QED) is 0.758. The molecule has 0 saturated carbocycles.